The van der Waals surface area contributed by atoms with Crippen molar-refractivity contribution in [1.29, 1.82) is 0 Å². The lowest BCUT2D eigenvalue weighted by molar-refractivity contribution is 0.0794. The summed E-state index contributed by atoms with van der Waals surface area (Å²) in [5.41, 5.74) is 7.61. The van der Waals surface area contributed by atoms with Crippen molar-refractivity contribution in [2.45, 2.75) is 12.1 Å². The molecule has 18 heavy (non-hydrogen) atoms. The van der Waals surface area contributed by atoms with Gasteiger partial charge in [0.15, 0.2) is 6.10 Å². The summed E-state index contributed by atoms with van der Waals surface area (Å²) in [6.45, 7) is 0. The molecule has 0 saturated carbocycles. The van der Waals surface area contributed by atoms with Crippen molar-refractivity contribution < 1.29 is 9.53 Å². The molecule has 1 aliphatic rings. The summed E-state index contributed by atoms with van der Waals surface area (Å²) in [6.07, 6.45) is -0.621. The standard InChI is InChI=1S/C15H13NO2/c16-13-11-8-4-5-9-12(11)18-15(13)14(17)10-6-2-1-3-7-10/h1-9,13,15H,16H2. The van der Waals surface area contributed by atoms with Gasteiger partial charge in [-0.2, -0.15) is 0 Å². The Morgan fingerprint density at radius 3 is 2.39 bits per heavy atom. The van der Waals surface area contributed by atoms with Gasteiger partial charge in [-0.25, -0.2) is 0 Å². The Bertz CT molecular complexity index is 580. The number of benzene rings is 2. The van der Waals surface area contributed by atoms with Crippen LogP contribution in [-0.2, 0) is 0 Å². The number of nitrogens with two attached hydrogens (primary N) is 1. The number of fused-ring (bicyclic) bond motifs is 1. The minimum atomic E-state index is -0.621. The second-order valence-corrected chi connectivity index (χ2v) is 4.33. The molecule has 0 saturated heterocycles. The molecule has 0 fully saturated rings. The number of hydrogen-bond acceptors (Lipinski definition) is 3. The van der Waals surface area contributed by atoms with Gasteiger partial charge in [0.05, 0.1) is 6.04 Å². The lowest BCUT2D eigenvalue weighted by Crippen LogP contribution is -2.33. The van der Waals surface area contributed by atoms with E-state index in [-0.39, 0.29) is 5.78 Å². The predicted octanol–water partition coefficient (Wildman–Crippen LogP) is 2.33. The first-order valence-corrected chi connectivity index (χ1v) is 5.88. The topological polar surface area (TPSA) is 52.3 Å². The molecule has 1 aliphatic heterocycles. The van der Waals surface area contributed by atoms with Crippen LogP contribution in [0.5, 0.6) is 5.75 Å². The summed E-state index contributed by atoms with van der Waals surface area (Å²) in [7, 11) is 0. The zero-order valence-corrected chi connectivity index (χ0v) is 9.74. The smallest absolute Gasteiger partial charge is 0.205 e. The van der Waals surface area contributed by atoms with Gasteiger partial charge in [0.2, 0.25) is 5.78 Å². The first kappa shape index (κ1) is 11.0. The Labute approximate surface area is 105 Å². The highest BCUT2D eigenvalue weighted by atomic mass is 16.5. The van der Waals surface area contributed by atoms with Crippen molar-refractivity contribution in [3.05, 3.63) is 65.7 Å². The lowest BCUT2D eigenvalue weighted by atomic mass is 9.98. The maximum atomic E-state index is 12.3. The van der Waals surface area contributed by atoms with Gasteiger partial charge in [-0.05, 0) is 6.07 Å². The Balaban J connectivity index is 1.91. The van der Waals surface area contributed by atoms with Crippen molar-refractivity contribution in [1.82, 2.24) is 0 Å². The van der Waals surface area contributed by atoms with E-state index in [2.05, 4.69) is 0 Å². The monoisotopic (exact) mass is 239 g/mol. The maximum Gasteiger partial charge on any atom is 0.205 e. The quantitative estimate of drug-likeness (QED) is 0.818. The maximum absolute atomic E-state index is 12.3. The summed E-state index contributed by atoms with van der Waals surface area (Å²) in [5.74, 6) is 0.638. The molecule has 3 heteroatoms. The summed E-state index contributed by atoms with van der Waals surface area (Å²) in [4.78, 5) is 12.3. The van der Waals surface area contributed by atoms with Crippen LogP contribution in [0, 0.1) is 0 Å². The minimum absolute atomic E-state index is 0.0701. The van der Waals surface area contributed by atoms with Gasteiger partial charge in [-0.1, -0.05) is 48.5 Å². The van der Waals surface area contributed by atoms with E-state index in [1.165, 1.54) is 0 Å². The molecule has 2 N–H and O–H groups in total. The number of rotatable bonds is 2. The third kappa shape index (κ3) is 1.69. The number of carbonyl (C=O) groups is 1. The van der Waals surface area contributed by atoms with Crippen molar-refractivity contribution >= 4 is 5.78 Å². The third-order valence-electron chi connectivity index (χ3n) is 3.17. The zero-order valence-electron chi connectivity index (χ0n) is 9.74. The largest absolute Gasteiger partial charge is 0.480 e. The molecule has 2 aromatic rings. The van der Waals surface area contributed by atoms with Crippen LogP contribution in [0.2, 0.25) is 0 Å². The van der Waals surface area contributed by atoms with E-state index < -0.39 is 12.1 Å². The fourth-order valence-electron chi connectivity index (χ4n) is 2.22. The van der Waals surface area contributed by atoms with Crippen molar-refractivity contribution in [3.63, 3.8) is 0 Å². The van der Waals surface area contributed by atoms with E-state index in [1.54, 1.807) is 12.1 Å². The van der Waals surface area contributed by atoms with Gasteiger partial charge in [-0.15, -0.1) is 0 Å². The first-order valence-electron chi connectivity index (χ1n) is 5.88. The Morgan fingerprint density at radius 2 is 1.67 bits per heavy atom. The van der Waals surface area contributed by atoms with Crippen molar-refractivity contribution in [3.8, 4) is 5.75 Å². The van der Waals surface area contributed by atoms with Gasteiger partial charge >= 0.3 is 0 Å². The van der Waals surface area contributed by atoms with Crippen LogP contribution >= 0.6 is 0 Å². The number of para-hydroxylation sites is 1. The summed E-state index contributed by atoms with van der Waals surface area (Å²) in [5, 5.41) is 0. The molecule has 0 aliphatic carbocycles. The highest BCUT2D eigenvalue weighted by Gasteiger charge is 2.36. The second-order valence-electron chi connectivity index (χ2n) is 4.33. The van der Waals surface area contributed by atoms with Crippen LogP contribution < -0.4 is 10.5 Å². The lowest BCUT2D eigenvalue weighted by Gasteiger charge is -2.13. The third-order valence-corrected chi connectivity index (χ3v) is 3.17. The molecular formula is C15H13NO2. The van der Waals surface area contributed by atoms with E-state index >= 15 is 0 Å². The van der Waals surface area contributed by atoms with E-state index in [0.717, 1.165) is 5.56 Å². The minimum Gasteiger partial charge on any atom is -0.480 e. The number of hydrogen-bond donors (Lipinski definition) is 1. The van der Waals surface area contributed by atoms with Crippen LogP contribution in [0.4, 0.5) is 0 Å². The number of Topliss-reactive ketones (excluding diaryl/α,β-unsaturated/α-hetero) is 1. The molecule has 2 atom stereocenters. The summed E-state index contributed by atoms with van der Waals surface area (Å²) in [6, 6.07) is 16.2. The predicted molar refractivity (Wildman–Crippen MR) is 68.6 cm³/mol. The number of carbonyl (C=O) groups excluding carboxylic acids is 1. The Hall–Kier alpha value is -2.13. The molecule has 90 valence electrons. The molecule has 0 amide bonds. The van der Waals surface area contributed by atoms with Crippen LogP contribution in [0.25, 0.3) is 0 Å². The Morgan fingerprint density at radius 1 is 1.00 bits per heavy atom. The molecule has 2 unspecified atom stereocenters. The highest BCUT2D eigenvalue weighted by Crippen LogP contribution is 2.35. The molecular weight excluding hydrogens is 226 g/mol. The first-order chi connectivity index (χ1) is 8.77. The molecule has 1 heterocycles. The van der Waals surface area contributed by atoms with Crippen molar-refractivity contribution in [2.75, 3.05) is 0 Å². The van der Waals surface area contributed by atoms with Crippen LogP contribution in [0.3, 0.4) is 0 Å². The molecule has 2 aromatic carbocycles. The second kappa shape index (κ2) is 4.27. The van der Waals surface area contributed by atoms with E-state index in [4.69, 9.17) is 10.5 Å². The van der Waals surface area contributed by atoms with Crippen molar-refractivity contribution in [2.24, 2.45) is 5.73 Å². The van der Waals surface area contributed by atoms with Gasteiger partial charge in [-0.3, -0.25) is 4.79 Å². The van der Waals surface area contributed by atoms with Crippen LogP contribution in [0.1, 0.15) is 22.0 Å². The molecule has 0 spiro atoms. The molecule has 0 aromatic heterocycles. The summed E-state index contributed by atoms with van der Waals surface area (Å²) >= 11 is 0. The average molecular weight is 239 g/mol. The molecule has 3 rings (SSSR count). The van der Waals surface area contributed by atoms with Crippen LogP contribution in [0.15, 0.2) is 54.6 Å². The Kier molecular flexibility index (Phi) is 2.61. The van der Waals surface area contributed by atoms with Gasteiger partial charge in [0.25, 0.3) is 0 Å². The summed E-state index contributed by atoms with van der Waals surface area (Å²) < 4.78 is 5.66. The fourth-order valence-corrected chi connectivity index (χ4v) is 2.22. The van der Waals surface area contributed by atoms with Gasteiger partial charge in [0.1, 0.15) is 5.75 Å². The molecule has 3 nitrogen and oxygen atoms in total. The molecule has 0 bridgehead atoms. The normalized spacial score (nSPS) is 21.2. The highest BCUT2D eigenvalue weighted by molar-refractivity contribution is 6.00. The average Bonchev–Trinajstić information content (AvgIpc) is 2.77. The van der Waals surface area contributed by atoms with Crippen LogP contribution in [-0.4, -0.2) is 11.9 Å². The SMILES string of the molecule is NC1c2ccccc2OC1C(=O)c1ccccc1. The van der Waals surface area contributed by atoms with Gasteiger partial charge < -0.3 is 10.5 Å². The number of ketones is 1. The zero-order chi connectivity index (χ0) is 12.5. The number of ether oxygens (including phenoxy) is 1. The molecule has 0 radical (unpaired) electrons. The van der Waals surface area contributed by atoms with E-state index in [1.807, 2.05) is 42.5 Å². The van der Waals surface area contributed by atoms with Gasteiger partial charge in [0, 0.05) is 11.1 Å². The van der Waals surface area contributed by atoms with E-state index in [0.29, 0.717) is 11.3 Å². The fraction of sp³-hybridized carbons (Fsp3) is 0.133. The van der Waals surface area contributed by atoms with E-state index in [9.17, 15) is 4.79 Å².